The van der Waals surface area contributed by atoms with E-state index in [0.717, 1.165) is 12.1 Å². The lowest BCUT2D eigenvalue weighted by atomic mass is 9.86. The van der Waals surface area contributed by atoms with E-state index in [4.69, 9.17) is 18.0 Å². The monoisotopic (exact) mass is 286 g/mol. The van der Waals surface area contributed by atoms with Crippen LogP contribution in [0.4, 0.5) is 8.78 Å². The maximum Gasteiger partial charge on any atom is 0.233 e. The van der Waals surface area contributed by atoms with Crippen LogP contribution in [0.2, 0.25) is 0 Å². The lowest BCUT2D eigenvalue weighted by Gasteiger charge is -2.25. The number of benzene rings is 1. The van der Waals surface area contributed by atoms with Crippen molar-refractivity contribution in [1.29, 1.82) is 0 Å². The van der Waals surface area contributed by atoms with Crippen LogP contribution in [-0.4, -0.2) is 10.9 Å². The molecule has 0 heterocycles. The van der Waals surface area contributed by atoms with Crippen molar-refractivity contribution in [3.8, 4) is 0 Å². The highest BCUT2D eigenvalue weighted by molar-refractivity contribution is 7.80. The van der Waals surface area contributed by atoms with Gasteiger partial charge in [-0.2, -0.15) is 0 Å². The molecule has 1 atom stereocenters. The molecular formula is C13H16F2N2OS. The van der Waals surface area contributed by atoms with Gasteiger partial charge in [-0.05, 0) is 31.0 Å². The molecule has 0 bridgehead atoms. The topological polar surface area (TPSA) is 55.1 Å². The molecule has 0 saturated carbocycles. The normalized spacial score (nSPS) is 13.7. The first-order valence-electron chi connectivity index (χ1n) is 5.83. The minimum atomic E-state index is -0.945. The van der Waals surface area contributed by atoms with Crippen LogP contribution in [0.1, 0.15) is 25.8 Å². The smallest absolute Gasteiger partial charge is 0.233 e. The molecule has 19 heavy (non-hydrogen) atoms. The maximum absolute atomic E-state index is 13.0. The van der Waals surface area contributed by atoms with Crippen LogP contribution in [-0.2, 0) is 11.3 Å². The van der Waals surface area contributed by atoms with Crippen molar-refractivity contribution in [2.24, 2.45) is 11.1 Å². The fraction of sp³-hybridized carbons (Fsp3) is 0.385. The van der Waals surface area contributed by atoms with Gasteiger partial charge in [0.15, 0.2) is 11.6 Å². The number of amides is 1. The van der Waals surface area contributed by atoms with Gasteiger partial charge in [-0.25, -0.2) is 8.78 Å². The van der Waals surface area contributed by atoms with E-state index < -0.39 is 17.0 Å². The van der Waals surface area contributed by atoms with Gasteiger partial charge in [0.25, 0.3) is 0 Å². The zero-order valence-electron chi connectivity index (χ0n) is 10.8. The molecular weight excluding hydrogens is 270 g/mol. The van der Waals surface area contributed by atoms with Gasteiger partial charge in [0.2, 0.25) is 5.91 Å². The second-order valence-electron chi connectivity index (χ2n) is 4.48. The predicted molar refractivity (Wildman–Crippen MR) is 73.4 cm³/mol. The summed E-state index contributed by atoms with van der Waals surface area (Å²) in [7, 11) is 0. The summed E-state index contributed by atoms with van der Waals surface area (Å²) < 4.78 is 25.8. The summed E-state index contributed by atoms with van der Waals surface area (Å²) in [6, 6.07) is 3.46. The number of thiocarbonyl (C=S) groups is 1. The number of halogens is 2. The Labute approximate surface area is 116 Å². The Kier molecular flexibility index (Phi) is 4.94. The second-order valence-corrected chi connectivity index (χ2v) is 4.92. The Morgan fingerprint density at radius 1 is 1.42 bits per heavy atom. The fourth-order valence-electron chi connectivity index (χ4n) is 1.47. The van der Waals surface area contributed by atoms with Crippen LogP contribution in [0.25, 0.3) is 0 Å². The molecule has 0 aliphatic heterocycles. The van der Waals surface area contributed by atoms with Gasteiger partial charge in [-0.1, -0.05) is 25.2 Å². The zero-order valence-corrected chi connectivity index (χ0v) is 11.6. The number of carbonyl (C=O) groups is 1. The number of hydrogen-bond acceptors (Lipinski definition) is 2. The molecule has 0 fully saturated rings. The summed E-state index contributed by atoms with van der Waals surface area (Å²) in [6.45, 7) is 3.54. The van der Waals surface area contributed by atoms with Gasteiger partial charge >= 0.3 is 0 Å². The van der Waals surface area contributed by atoms with Crippen LogP contribution in [0.5, 0.6) is 0 Å². The van der Waals surface area contributed by atoms with Crippen molar-refractivity contribution in [2.45, 2.75) is 26.8 Å². The first kappa shape index (κ1) is 15.5. The number of hydrogen-bond donors (Lipinski definition) is 2. The molecule has 0 aliphatic rings. The van der Waals surface area contributed by atoms with E-state index in [2.05, 4.69) is 5.32 Å². The van der Waals surface area contributed by atoms with Gasteiger partial charge in [0, 0.05) is 6.54 Å². The molecule has 1 amide bonds. The van der Waals surface area contributed by atoms with Gasteiger partial charge in [-0.3, -0.25) is 4.79 Å². The third kappa shape index (κ3) is 3.47. The minimum absolute atomic E-state index is 0.0915. The van der Waals surface area contributed by atoms with E-state index in [9.17, 15) is 13.6 Å². The van der Waals surface area contributed by atoms with Gasteiger partial charge in [0.05, 0.1) is 10.4 Å². The van der Waals surface area contributed by atoms with Crippen LogP contribution in [0, 0.1) is 17.0 Å². The average Bonchev–Trinajstić information content (AvgIpc) is 2.38. The number of carbonyl (C=O) groups excluding carboxylic acids is 1. The van der Waals surface area contributed by atoms with E-state index in [-0.39, 0.29) is 17.4 Å². The van der Waals surface area contributed by atoms with E-state index in [1.807, 2.05) is 0 Å². The highest BCUT2D eigenvalue weighted by Crippen LogP contribution is 2.22. The van der Waals surface area contributed by atoms with Crippen molar-refractivity contribution < 1.29 is 13.6 Å². The number of nitrogens with two attached hydrogens (primary N) is 1. The number of nitrogens with one attached hydrogen (secondary N) is 1. The Hall–Kier alpha value is -1.56. The standard InChI is InChI=1S/C13H16F2N2OS/c1-3-13(2,11(16)19)12(18)17-7-8-4-5-9(14)10(15)6-8/h4-6H,3,7H2,1-2H3,(H2,16,19)(H,17,18). The summed E-state index contributed by atoms with van der Waals surface area (Å²) in [5.41, 5.74) is 5.09. The van der Waals surface area contributed by atoms with Crippen molar-refractivity contribution in [2.75, 3.05) is 0 Å². The molecule has 0 aromatic heterocycles. The summed E-state index contributed by atoms with van der Waals surface area (Å²) in [5.74, 6) is -2.19. The fourth-order valence-corrected chi connectivity index (χ4v) is 1.71. The van der Waals surface area contributed by atoms with E-state index in [1.165, 1.54) is 6.07 Å². The lowest BCUT2D eigenvalue weighted by molar-refractivity contribution is -0.127. The molecule has 0 aliphatic carbocycles. The zero-order chi connectivity index (χ0) is 14.6. The number of rotatable bonds is 5. The van der Waals surface area contributed by atoms with Crippen LogP contribution >= 0.6 is 12.2 Å². The molecule has 1 rings (SSSR count). The van der Waals surface area contributed by atoms with Crippen molar-refractivity contribution in [3.63, 3.8) is 0 Å². The Balaban J connectivity index is 2.73. The molecule has 0 radical (unpaired) electrons. The predicted octanol–water partition coefficient (Wildman–Crippen LogP) is 2.28. The molecule has 0 spiro atoms. The molecule has 104 valence electrons. The van der Waals surface area contributed by atoms with E-state index in [0.29, 0.717) is 12.0 Å². The van der Waals surface area contributed by atoms with Crippen molar-refractivity contribution in [1.82, 2.24) is 5.32 Å². The average molecular weight is 286 g/mol. The third-order valence-electron chi connectivity index (χ3n) is 3.19. The van der Waals surface area contributed by atoms with Crippen molar-refractivity contribution >= 4 is 23.1 Å². The van der Waals surface area contributed by atoms with E-state index >= 15 is 0 Å². The third-order valence-corrected chi connectivity index (χ3v) is 3.64. The molecule has 1 unspecified atom stereocenters. The van der Waals surface area contributed by atoms with Crippen molar-refractivity contribution in [3.05, 3.63) is 35.4 Å². The van der Waals surface area contributed by atoms with Crippen LogP contribution in [0.3, 0.4) is 0 Å². The summed E-state index contributed by atoms with van der Waals surface area (Å²) in [5, 5.41) is 2.62. The minimum Gasteiger partial charge on any atom is -0.392 e. The molecule has 3 nitrogen and oxygen atoms in total. The highest BCUT2D eigenvalue weighted by Gasteiger charge is 2.34. The second kappa shape index (κ2) is 6.06. The SMILES string of the molecule is CCC(C)(C(=O)NCc1ccc(F)c(F)c1)C(N)=S. The quantitative estimate of drug-likeness (QED) is 0.817. The maximum atomic E-state index is 13.0. The van der Waals surface area contributed by atoms with Gasteiger partial charge < -0.3 is 11.1 Å². The lowest BCUT2D eigenvalue weighted by Crippen LogP contribution is -2.46. The Morgan fingerprint density at radius 3 is 2.53 bits per heavy atom. The van der Waals surface area contributed by atoms with Crippen LogP contribution < -0.4 is 11.1 Å². The largest absolute Gasteiger partial charge is 0.392 e. The van der Waals surface area contributed by atoms with Gasteiger partial charge in [-0.15, -0.1) is 0 Å². The molecule has 1 aromatic carbocycles. The molecule has 0 saturated heterocycles. The Morgan fingerprint density at radius 2 is 2.05 bits per heavy atom. The first-order chi connectivity index (χ1) is 8.81. The molecule has 6 heteroatoms. The van der Waals surface area contributed by atoms with Crippen LogP contribution in [0.15, 0.2) is 18.2 Å². The summed E-state index contributed by atoms with van der Waals surface area (Å²) in [4.78, 5) is 12.1. The van der Waals surface area contributed by atoms with E-state index in [1.54, 1.807) is 13.8 Å². The summed E-state index contributed by atoms with van der Waals surface area (Å²) in [6.07, 6.45) is 0.464. The first-order valence-corrected chi connectivity index (χ1v) is 6.24. The highest BCUT2D eigenvalue weighted by atomic mass is 32.1. The summed E-state index contributed by atoms with van der Waals surface area (Å²) >= 11 is 4.88. The van der Waals surface area contributed by atoms with Gasteiger partial charge in [0.1, 0.15) is 0 Å². The molecule has 1 aromatic rings. The molecule has 3 N–H and O–H groups in total. The Bertz CT molecular complexity index is 507.